The van der Waals surface area contributed by atoms with E-state index in [4.69, 9.17) is 4.74 Å². The molecule has 3 rings (SSSR count). The highest BCUT2D eigenvalue weighted by Gasteiger charge is 2.24. The van der Waals surface area contributed by atoms with E-state index in [9.17, 15) is 14.4 Å². The third-order valence-corrected chi connectivity index (χ3v) is 5.25. The van der Waals surface area contributed by atoms with Crippen LogP contribution in [-0.2, 0) is 14.3 Å². The van der Waals surface area contributed by atoms with E-state index in [0.29, 0.717) is 16.2 Å². The molecule has 134 valence electrons. The molecule has 2 amide bonds. The number of thioether (sulfide) groups is 1. The zero-order valence-corrected chi connectivity index (χ0v) is 14.8. The average Bonchev–Trinajstić information content (AvgIpc) is 3.25. The number of carbonyl (C=O) groups is 3. The number of hydrogen-bond donors (Lipinski definition) is 1. The number of amides is 2. The topological polar surface area (TPSA) is 75.7 Å². The van der Waals surface area contributed by atoms with E-state index in [1.165, 1.54) is 11.8 Å². The lowest BCUT2D eigenvalue weighted by Gasteiger charge is -2.15. The SMILES string of the molecule is O=C(COC(=O)c1ccccc1SCC(=O)N1CCCC1)NC1CC1. The standard InChI is InChI=1S/C18H22N2O4S/c21-16(19-13-7-8-13)11-24-18(23)14-5-1-2-6-15(14)25-12-17(22)20-9-3-4-10-20/h1-2,5-6,13H,3-4,7-12H2,(H,19,21). The minimum absolute atomic E-state index is 0.0921. The van der Waals surface area contributed by atoms with E-state index in [1.54, 1.807) is 18.2 Å². The smallest absolute Gasteiger partial charge is 0.339 e. The van der Waals surface area contributed by atoms with Crippen LogP contribution < -0.4 is 5.32 Å². The van der Waals surface area contributed by atoms with Gasteiger partial charge >= 0.3 is 5.97 Å². The molecule has 1 aromatic carbocycles. The maximum absolute atomic E-state index is 12.3. The first kappa shape index (κ1) is 17.8. The highest BCUT2D eigenvalue weighted by Crippen LogP contribution is 2.24. The van der Waals surface area contributed by atoms with E-state index in [1.807, 2.05) is 11.0 Å². The Morgan fingerprint density at radius 3 is 2.60 bits per heavy atom. The molecule has 1 saturated carbocycles. The fourth-order valence-corrected chi connectivity index (χ4v) is 3.61. The number of likely N-dealkylation sites (tertiary alicyclic amines) is 1. The summed E-state index contributed by atoms with van der Waals surface area (Å²) in [4.78, 5) is 38.6. The molecule has 1 aliphatic carbocycles. The van der Waals surface area contributed by atoms with Crippen LogP contribution in [0.4, 0.5) is 0 Å². The maximum Gasteiger partial charge on any atom is 0.339 e. The van der Waals surface area contributed by atoms with Gasteiger partial charge in [0.05, 0.1) is 11.3 Å². The lowest BCUT2D eigenvalue weighted by atomic mass is 10.2. The van der Waals surface area contributed by atoms with E-state index in [-0.39, 0.29) is 24.5 Å². The van der Waals surface area contributed by atoms with Gasteiger partial charge in [0.1, 0.15) is 0 Å². The molecule has 25 heavy (non-hydrogen) atoms. The minimum Gasteiger partial charge on any atom is -0.452 e. The summed E-state index contributed by atoms with van der Waals surface area (Å²) in [6.07, 6.45) is 4.10. The molecule has 1 heterocycles. The van der Waals surface area contributed by atoms with Crippen LogP contribution in [0, 0.1) is 0 Å². The summed E-state index contributed by atoms with van der Waals surface area (Å²) in [6, 6.07) is 7.25. The lowest BCUT2D eigenvalue weighted by molar-refractivity contribution is -0.127. The molecule has 0 atom stereocenters. The van der Waals surface area contributed by atoms with Gasteiger partial charge in [0.15, 0.2) is 6.61 Å². The van der Waals surface area contributed by atoms with E-state index in [0.717, 1.165) is 38.8 Å². The van der Waals surface area contributed by atoms with Crippen molar-refractivity contribution < 1.29 is 19.1 Å². The van der Waals surface area contributed by atoms with Gasteiger partial charge in [-0.2, -0.15) is 0 Å². The maximum atomic E-state index is 12.3. The summed E-state index contributed by atoms with van der Waals surface area (Å²) in [7, 11) is 0. The quantitative estimate of drug-likeness (QED) is 0.592. The van der Waals surface area contributed by atoms with Crippen LogP contribution in [0.5, 0.6) is 0 Å². The largest absolute Gasteiger partial charge is 0.452 e. The number of ether oxygens (including phenoxy) is 1. The Kier molecular flexibility index (Phi) is 5.96. The van der Waals surface area contributed by atoms with Gasteiger partial charge in [-0.1, -0.05) is 12.1 Å². The summed E-state index contributed by atoms with van der Waals surface area (Å²) in [6.45, 7) is 1.36. The van der Waals surface area contributed by atoms with Crippen molar-refractivity contribution in [1.82, 2.24) is 10.2 Å². The summed E-state index contributed by atoms with van der Waals surface area (Å²) in [5.74, 6) is -0.422. The predicted octanol–water partition coefficient (Wildman–Crippen LogP) is 1.84. The van der Waals surface area contributed by atoms with Crippen molar-refractivity contribution >= 4 is 29.5 Å². The second-order valence-electron chi connectivity index (χ2n) is 6.29. The molecule has 2 aliphatic rings. The molecular weight excluding hydrogens is 340 g/mol. The molecule has 0 radical (unpaired) electrons. The van der Waals surface area contributed by atoms with Crippen LogP contribution >= 0.6 is 11.8 Å². The lowest BCUT2D eigenvalue weighted by Crippen LogP contribution is -2.30. The van der Waals surface area contributed by atoms with Crippen molar-refractivity contribution in [3.63, 3.8) is 0 Å². The summed E-state index contributed by atoms with van der Waals surface area (Å²) < 4.78 is 5.11. The average molecular weight is 362 g/mol. The van der Waals surface area contributed by atoms with Crippen molar-refractivity contribution in [2.45, 2.75) is 36.6 Å². The molecule has 0 unspecified atom stereocenters. The van der Waals surface area contributed by atoms with Crippen molar-refractivity contribution in [2.75, 3.05) is 25.4 Å². The third kappa shape index (κ3) is 5.22. The molecule has 1 aromatic rings. The Hall–Kier alpha value is -2.02. The molecule has 0 bridgehead atoms. The van der Waals surface area contributed by atoms with Crippen LogP contribution in [0.25, 0.3) is 0 Å². The van der Waals surface area contributed by atoms with Gasteiger partial charge < -0.3 is 15.0 Å². The van der Waals surface area contributed by atoms with Gasteiger partial charge in [-0.05, 0) is 37.8 Å². The fraction of sp³-hybridized carbons (Fsp3) is 0.500. The molecule has 1 saturated heterocycles. The van der Waals surface area contributed by atoms with Gasteiger partial charge in [-0.25, -0.2) is 4.79 Å². The Bertz CT molecular complexity index is 654. The molecule has 7 heteroatoms. The number of benzene rings is 1. The van der Waals surface area contributed by atoms with Crippen molar-refractivity contribution in [3.8, 4) is 0 Å². The fourth-order valence-electron chi connectivity index (χ4n) is 2.66. The molecule has 0 spiro atoms. The zero-order chi connectivity index (χ0) is 17.6. The molecule has 6 nitrogen and oxygen atoms in total. The monoisotopic (exact) mass is 362 g/mol. The van der Waals surface area contributed by atoms with Crippen LogP contribution in [0.15, 0.2) is 29.2 Å². The van der Waals surface area contributed by atoms with Gasteiger partial charge in [0.2, 0.25) is 5.91 Å². The van der Waals surface area contributed by atoms with Crippen LogP contribution in [0.3, 0.4) is 0 Å². The van der Waals surface area contributed by atoms with Gasteiger partial charge in [0.25, 0.3) is 5.91 Å². The predicted molar refractivity (Wildman–Crippen MR) is 94.4 cm³/mol. The Labute approximate surface area is 151 Å². The van der Waals surface area contributed by atoms with E-state index in [2.05, 4.69) is 5.32 Å². The normalized spacial score (nSPS) is 16.6. The molecule has 0 aromatic heterocycles. The van der Waals surface area contributed by atoms with Crippen molar-refractivity contribution in [2.24, 2.45) is 0 Å². The number of esters is 1. The summed E-state index contributed by atoms with van der Waals surface area (Å²) >= 11 is 1.33. The van der Waals surface area contributed by atoms with E-state index >= 15 is 0 Å². The first-order valence-electron chi connectivity index (χ1n) is 8.59. The first-order valence-corrected chi connectivity index (χ1v) is 9.58. The van der Waals surface area contributed by atoms with Gasteiger partial charge in [-0.15, -0.1) is 11.8 Å². The Morgan fingerprint density at radius 1 is 1.16 bits per heavy atom. The number of nitrogens with zero attached hydrogens (tertiary/aromatic N) is 1. The zero-order valence-electron chi connectivity index (χ0n) is 14.0. The molecule has 1 aliphatic heterocycles. The number of nitrogens with one attached hydrogen (secondary N) is 1. The highest BCUT2D eigenvalue weighted by molar-refractivity contribution is 8.00. The van der Waals surface area contributed by atoms with Crippen LogP contribution in [0.1, 0.15) is 36.0 Å². The molecular formula is C18H22N2O4S. The Morgan fingerprint density at radius 2 is 1.88 bits per heavy atom. The number of rotatable bonds is 7. The number of carbonyl (C=O) groups excluding carboxylic acids is 3. The van der Waals surface area contributed by atoms with Crippen molar-refractivity contribution in [1.29, 1.82) is 0 Å². The second-order valence-corrected chi connectivity index (χ2v) is 7.31. The van der Waals surface area contributed by atoms with E-state index < -0.39 is 5.97 Å². The van der Waals surface area contributed by atoms with Gasteiger partial charge in [0, 0.05) is 24.0 Å². The highest BCUT2D eigenvalue weighted by atomic mass is 32.2. The Balaban J connectivity index is 1.52. The minimum atomic E-state index is -0.539. The third-order valence-electron chi connectivity index (χ3n) is 4.19. The first-order chi connectivity index (χ1) is 12.1. The van der Waals surface area contributed by atoms with Crippen LogP contribution in [-0.4, -0.2) is 54.2 Å². The molecule has 1 N–H and O–H groups in total. The van der Waals surface area contributed by atoms with Gasteiger partial charge in [-0.3, -0.25) is 9.59 Å². The second kappa shape index (κ2) is 8.38. The summed E-state index contributed by atoms with van der Waals surface area (Å²) in [5, 5.41) is 2.78. The number of hydrogen-bond acceptors (Lipinski definition) is 5. The van der Waals surface area contributed by atoms with Crippen LogP contribution in [0.2, 0.25) is 0 Å². The summed E-state index contributed by atoms with van der Waals surface area (Å²) in [5.41, 5.74) is 0.390. The molecule has 2 fully saturated rings. The van der Waals surface area contributed by atoms with Crippen molar-refractivity contribution in [3.05, 3.63) is 29.8 Å².